The first-order valence-electron chi connectivity index (χ1n) is 22.4. The quantitative estimate of drug-likeness (QED) is 0.122. The molecular formula is C47H49F3N12O4. The van der Waals surface area contributed by atoms with Crippen LogP contribution >= 0.6 is 0 Å². The van der Waals surface area contributed by atoms with Crippen molar-refractivity contribution in [1.82, 2.24) is 45.6 Å². The van der Waals surface area contributed by atoms with Crippen molar-refractivity contribution in [3.05, 3.63) is 96.0 Å². The Morgan fingerprint density at radius 2 is 1.62 bits per heavy atom. The van der Waals surface area contributed by atoms with Gasteiger partial charge in [0.05, 0.1) is 35.0 Å². The van der Waals surface area contributed by atoms with E-state index >= 15 is 0 Å². The lowest BCUT2D eigenvalue weighted by Gasteiger charge is -2.40. The van der Waals surface area contributed by atoms with Crippen molar-refractivity contribution in [2.45, 2.75) is 63.6 Å². The minimum Gasteiger partial charge on any atom is -0.372 e. The maximum absolute atomic E-state index is 13.5. The number of hydrogen-bond acceptors (Lipinski definition) is 12. The fourth-order valence-corrected chi connectivity index (χ4v) is 9.52. The van der Waals surface area contributed by atoms with E-state index in [2.05, 4.69) is 68.6 Å². The summed E-state index contributed by atoms with van der Waals surface area (Å²) in [7, 11) is 0. The summed E-state index contributed by atoms with van der Waals surface area (Å²) in [6.07, 6.45) is 1.20. The second kappa shape index (κ2) is 17.2. The molecule has 2 aromatic carbocycles. The molecule has 66 heavy (non-hydrogen) atoms. The second-order valence-electron chi connectivity index (χ2n) is 17.8. The predicted octanol–water partition coefficient (Wildman–Crippen LogP) is 6.95. The molecule has 0 bridgehead atoms. The van der Waals surface area contributed by atoms with Gasteiger partial charge in [0.2, 0.25) is 11.8 Å². The van der Waals surface area contributed by atoms with Gasteiger partial charge >= 0.3 is 12.2 Å². The number of piperazine rings is 1. The molecular weight excluding hydrogens is 854 g/mol. The number of hydrogen-bond donors (Lipinski definition) is 3. The highest BCUT2D eigenvalue weighted by molar-refractivity contribution is 6.05. The van der Waals surface area contributed by atoms with E-state index in [0.29, 0.717) is 24.5 Å². The molecule has 0 unspecified atom stereocenters. The summed E-state index contributed by atoms with van der Waals surface area (Å²) in [5, 5.41) is 9.53. The van der Waals surface area contributed by atoms with Crippen molar-refractivity contribution in [2.75, 3.05) is 67.1 Å². The van der Waals surface area contributed by atoms with Gasteiger partial charge in [-0.2, -0.15) is 18.2 Å². The van der Waals surface area contributed by atoms with Crippen molar-refractivity contribution in [1.29, 1.82) is 0 Å². The number of carbonyl (C=O) groups excluding carboxylic acids is 3. The van der Waals surface area contributed by atoms with Crippen LogP contribution in [-0.2, 0) is 10.2 Å². The molecule has 3 N–H and O–H groups in total. The molecule has 1 atom stereocenters. The third-order valence-corrected chi connectivity index (χ3v) is 13.6. The molecule has 342 valence electrons. The van der Waals surface area contributed by atoms with E-state index in [1.54, 1.807) is 11.8 Å². The Morgan fingerprint density at radius 3 is 2.30 bits per heavy atom. The fraction of sp³-hybridized carbons (Fsp3) is 0.404. The van der Waals surface area contributed by atoms with Crippen LogP contribution in [0.5, 0.6) is 0 Å². The molecule has 1 saturated carbocycles. The number of aromatic nitrogens is 6. The number of fused-ring (bicyclic) bond motifs is 1. The SMILES string of the molecule is Cc1cc(-c2ncnc3[nH]c(-c4ccc(N5CCN(CC6CCN(c7ccc(N8CCC(=O)NC8=O)cc7)CC6)CC5)cn4)cc23)ccc1[C@@H](C)NC(=O)c1noc(C2(C(F)(F)F)CC2)n1. The average Bonchev–Trinajstić information content (AvgIpc) is 3.78. The highest BCUT2D eigenvalue weighted by atomic mass is 19.4. The number of urea groups is 1. The molecule has 0 radical (unpaired) electrons. The second-order valence-corrected chi connectivity index (χ2v) is 17.8. The molecule has 10 rings (SSSR count). The number of rotatable bonds is 11. The maximum Gasteiger partial charge on any atom is 0.403 e. The first-order valence-corrected chi connectivity index (χ1v) is 22.4. The number of nitrogens with zero attached hydrogens (tertiary/aromatic N) is 9. The van der Waals surface area contributed by atoms with Gasteiger partial charge in [0.1, 0.15) is 17.4 Å². The monoisotopic (exact) mass is 902 g/mol. The van der Waals surface area contributed by atoms with Crippen molar-refractivity contribution in [2.24, 2.45) is 5.92 Å². The third-order valence-electron chi connectivity index (χ3n) is 13.6. The molecule has 6 aromatic rings. The number of piperidine rings is 1. The van der Waals surface area contributed by atoms with Gasteiger partial charge in [0.25, 0.3) is 11.7 Å². The lowest BCUT2D eigenvalue weighted by atomic mass is 9.95. The number of nitrogens with one attached hydrogen (secondary N) is 3. The van der Waals surface area contributed by atoms with Crippen molar-refractivity contribution < 1.29 is 32.1 Å². The normalized spacial score (nSPS) is 18.7. The Balaban J connectivity index is 0.715. The number of imide groups is 1. The highest BCUT2D eigenvalue weighted by Crippen LogP contribution is 2.58. The summed E-state index contributed by atoms with van der Waals surface area (Å²) in [5.74, 6) is -1.33. The average molecular weight is 903 g/mol. The van der Waals surface area contributed by atoms with Gasteiger partial charge in [-0.15, -0.1) is 0 Å². The summed E-state index contributed by atoms with van der Waals surface area (Å²) >= 11 is 0. The minimum atomic E-state index is -4.53. The maximum atomic E-state index is 13.5. The number of halogens is 3. The number of aromatic amines is 1. The molecule has 4 fully saturated rings. The molecule has 4 aliphatic rings. The molecule has 19 heteroatoms. The van der Waals surface area contributed by atoms with Crippen molar-refractivity contribution >= 4 is 45.9 Å². The number of anilines is 3. The van der Waals surface area contributed by atoms with Crippen molar-refractivity contribution in [3.8, 4) is 22.6 Å². The number of pyridine rings is 1. The Hall–Kier alpha value is -6.89. The predicted molar refractivity (Wildman–Crippen MR) is 240 cm³/mol. The zero-order valence-corrected chi connectivity index (χ0v) is 36.6. The summed E-state index contributed by atoms with van der Waals surface area (Å²) in [4.78, 5) is 66.9. The zero-order valence-electron chi connectivity index (χ0n) is 36.6. The Bertz CT molecular complexity index is 2770. The number of carbonyl (C=O) groups is 3. The van der Waals surface area contributed by atoms with Crippen LogP contribution in [-0.4, -0.2) is 111 Å². The van der Waals surface area contributed by atoms with Crippen molar-refractivity contribution in [3.63, 3.8) is 0 Å². The van der Waals surface area contributed by atoms with Crippen LogP contribution in [0.3, 0.4) is 0 Å². The zero-order chi connectivity index (χ0) is 45.7. The summed E-state index contributed by atoms with van der Waals surface area (Å²) in [5.41, 5.74) is 6.39. The summed E-state index contributed by atoms with van der Waals surface area (Å²) < 4.78 is 45.5. The number of amides is 4. The topological polar surface area (TPSA) is 182 Å². The first kappa shape index (κ1) is 43.0. The molecule has 3 saturated heterocycles. The van der Waals surface area contributed by atoms with Gasteiger partial charge in [0, 0.05) is 81.1 Å². The van der Waals surface area contributed by atoms with E-state index in [-0.39, 0.29) is 24.8 Å². The van der Waals surface area contributed by atoms with Gasteiger partial charge in [-0.25, -0.2) is 14.8 Å². The molecule has 7 heterocycles. The largest absolute Gasteiger partial charge is 0.403 e. The van der Waals surface area contributed by atoms with Crippen LogP contribution in [0.1, 0.15) is 72.7 Å². The van der Waals surface area contributed by atoms with Gasteiger partial charge in [0.15, 0.2) is 0 Å². The van der Waals surface area contributed by atoms with Gasteiger partial charge < -0.3 is 24.6 Å². The van der Waals surface area contributed by atoms with Gasteiger partial charge in [-0.1, -0.05) is 17.3 Å². The lowest BCUT2D eigenvalue weighted by molar-refractivity contribution is -0.166. The van der Waals surface area contributed by atoms with E-state index in [1.165, 1.54) is 6.33 Å². The van der Waals surface area contributed by atoms with E-state index in [4.69, 9.17) is 9.51 Å². The summed E-state index contributed by atoms with van der Waals surface area (Å²) in [6, 6.07) is 19.1. The van der Waals surface area contributed by atoms with E-state index in [9.17, 15) is 27.6 Å². The van der Waals surface area contributed by atoms with E-state index in [0.717, 1.165) is 115 Å². The van der Waals surface area contributed by atoms with E-state index < -0.39 is 35.3 Å². The molecule has 0 spiro atoms. The van der Waals surface area contributed by atoms with E-state index in [1.807, 2.05) is 55.6 Å². The molecule has 4 aromatic heterocycles. The highest BCUT2D eigenvalue weighted by Gasteiger charge is 2.68. The molecule has 1 aliphatic carbocycles. The van der Waals surface area contributed by atoms with Crippen LogP contribution in [0.2, 0.25) is 0 Å². The number of benzene rings is 2. The van der Waals surface area contributed by atoms with Crippen LogP contribution in [0.4, 0.5) is 35.0 Å². The minimum absolute atomic E-state index is 0.145. The standard InChI is InChI=1S/C47H49F3N12O4/c1-28-23-31(3-9-35(28)29(2)54-43(64)42-57-44(66-58-42)46(14-15-46)47(48,49)50)40-36-24-38(55-41(36)53-27-52-40)37-10-8-34(25-51-37)61-21-19-59(20-22-61)26-30-11-16-60(17-12-30)32-4-6-33(7-5-32)62-18-13-39(63)56-45(62)65/h3-10,23-25,27,29-30H,11-22,26H2,1-2H3,(H,54,64)(H,52,53,55)(H,56,63,65)/t29-/m1/s1. The molecule has 16 nitrogen and oxygen atoms in total. The van der Waals surface area contributed by atoms with Gasteiger partial charge in [-0.05, 0) is 105 Å². The Morgan fingerprint density at radius 1 is 0.894 bits per heavy atom. The third kappa shape index (κ3) is 8.42. The van der Waals surface area contributed by atoms with Crippen LogP contribution < -0.4 is 25.3 Å². The van der Waals surface area contributed by atoms with Crippen LogP contribution in [0, 0.1) is 12.8 Å². The fourth-order valence-electron chi connectivity index (χ4n) is 9.52. The number of H-pyrrole nitrogens is 1. The van der Waals surface area contributed by atoms with Crippen LogP contribution in [0.25, 0.3) is 33.7 Å². The Labute approximate surface area is 378 Å². The molecule has 4 amide bonds. The lowest BCUT2D eigenvalue weighted by Crippen LogP contribution is -2.49. The first-order chi connectivity index (χ1) is 31.8. The van der Waals surface area contributed by atoms with Crippen LogP contribution in [0.15, 0.2) is 77.7 Å². The number of aryl methyl sites for hydroxylation is 1. The summed E-state index contributed by atoms with van der Waals surface area (Å²) in [6.45, 7) is 11.0. The smallest absolute Gasteiger partial charge is 0.372 e. The Kier molecular flexibility index (Phi) is 11.2. The number of alkyl halides is 3. The molecule has 3 aliphatic heterocycles. The van der Waals surface area contributed by atoms with Gasteiger partial charge in [-0.3, -0.25) is 29.7 Å².